The highest BCUT2D eigenvalue weighted by Gasteiger charge is 2.48. The van der Waals surface area contributed by atoms with E-state index in [2.05, 4.69) is 10.2 Å². The number of aryl methyl sites for hydroxylation is 1. The average molecular weight is 657 g/mol. The third-order valence-electron chi connectivity index (χ3n) is 6.62. The van der Waals surface area contributed by atoms with Crippen LogP contribution in [0.4, 0.5) is 5.13 Å². The molecule has 0 radical (unpaired) electrons. The normalized spacial score (nSPS) is 16.1. The maximum absolute atomic E-state index is 13.6. The predicted molar refractivity (Wildman–Crippen MR) is 171 cm³/mol. The molecule has 1 saturated heterocycles. The van der Waals surface area contributed by atoms with Gasteiger partial charge in [-0.25, -0.2) is 0 Å². The lowest BCUT2D eigenvalue weighted by Gasteiger charge is -2.23. The van der Waals surface area contributed by atoms with E-state index in [1.165, 1.54) is 16.7 Å². The van der Waals surface area contributed by atoms with Crippen LogP contribution in [0.25, 0.3) is 5.76 Å². The second-order valence-corrected chi connectivity index (χ2v) is 12.5. The summed E-state index contributed by atoms with van der Waals surface area (Å²) >= 11 is 14.9. The molecule has 1 atom stereocenters. The molecule has 0 aliphatic carbocycles. The Balaban J connectivity index is 1.57. The lowest BCUT2D eigenvalue weighted by atomic mass is 9.95. The highest BCUT2D eigenvalue weighted by molar-refractivity contribution is 8.00. The number of nitrogens with zero attached hydrogens (tertiary/aromatic N) is 3. The Morgan fingerprint density at radius 2 is 1.70 bits per heavy atom. The zero-order valence-corrected chi connectivity index (χ0v) is 26.6. The van der Waals surface area contributed by atoms with Gasteiger partial charge in [-0.2, -0.15) is 0 Å². The van der Waals surface area contributed by atoms with E-state index >= 15 is 0 Å². The first-order valence-electron chi connectivity index (χ1n) is 13.4. The molecule has 1 N–H and O–H groups in total. The van der Waals surface area contributed by atoms with E-state index in [0.717, 1.165) is 22.5 Å². The number of carbonyl (C=O) groups is 2. The molecule has 5 rings (SSSR count). The van der Waals surface area contributed by atoms with Gasteiger partial charge in [-0.15, -0.1) is 10.2 Å². The summed E-state index contributed by atoms with van der Waals surface area (Å²) in [6.07, 6.45) is 0. The van der Waals surface area contributed by atoms with Crippen LogP contribution in [0.3, 0.4) is 0 Å². The maximum atomic E-state index is 13.6. The molecule has 4 aromatic rings. The number of ether oxygens (including phenoxy) is 2. The molecule has 1 aromatic heterocycles. The number of aliphatic hydroxyl groups is 1. The highest BCUT2D eigenvalue weighted by Crippen LogP contribution is 2.46. The summed E-state index contributed by atoms with van der Waals surface area (Å²) in [5.74, 6) is -0.452. The fraction of sp³-hybridized carbons (Fsp3) is 0.226. The first-order chi connectivity index (χ1) is 20.7. The van der Waals surface area contributed by atoms with Gasteiger partial charge < -0.3 is 14.6 Å². The first-order valence-corrected chi connectivity index (χ1v) is 15.9. The van der Waals surface area contributed by atoms with E-state index in [4.69, 9.17) is 32.7 Å². The van der Waals surface area contributed by atoms with E-state index in [9.17, 15) is 14.7 Å². The number of Topliss-reactive ketones (excluding diaryl/α,β-unsaturated/α-hetero) is 1. The van der Waals surface area contributed by atoms with Gasteiger partial charge in [0.05, 0.1) is 24.8 Å². The zero-order valence-electron chi connectivity index (χ0n) is 23.5. The number of thioether (sulfide) groups is 1. The molecule has 43 heavy (non-hydrogen) atoms. The van der Waals surface area contributed by atoms with Gasteiger partial charge in [0.15, 0.2) is 15.8 Å². The number of hydrogen-bond donors (Lipinski definition) is 1. The van der Waals surface area contributed by atoms with Crippen molar-refractivity contribution >= 4 is 68.9 Å². The minimum Gasteiger partial charge on any atom is -0.507 e. The van der Waals surface area contributed by atoms with Crippen molar-refractivity contribution in [3.8, 4) is 11.5 Å². The van der Waals surface area contributed by atoms with Crippen LogP contribution in [-0.2, 0) is 15.3 Å². The van der Waals surface area contributed by atoms with E-state index in [1.807, 2.05) is 39.0 Å². The Kier molecular flexibility index (Phi) is 9.61. The summed E-state index contributed by atoms with van der Waals surface area (Å²) in [5.41, 5.74) is 2.75. The van der Waals surface area contributed by atoms with Crippen molar-refractivity contribution in [2.75, 3.05) is 18.1 Å². The molecular formula is C31H27Cl2N3O5S2. The summed E-state index contributed by atoms with van der Waals surface area (Å²) in [6, 6.07) is 16.5. The fourth-order valence-electron chi connectivity index (χ4n) is 4.59. The number of aliphatic hydroxyl groups excluding tert-OH is 1. The van der Waals surface area contributed by atoms with Crippen molar-refractivity contribution in [1.29, 1.82) is 0 Å². The summed E-state index contributed by atoms with van der Waals surface area (Å²) < 4.78 is 12.1. The Bertz CT molecular complexity index is 1710. The molecule has 0 saturated carbocycles. The van der Waals surface area contributed by atoms with Gasteiger partial charge in [0.2, 0.25) is 5.13 Å². The zero-order chi connectivity index (χ0) is 30.7. The minimum absolute atomic E-state index is 0.0576. The molecule has 8 nitrogen and oxygen atoms in total. The van der Waals surface area contributed by atoms with Crippen LogP contribution in [0.2, 0.25) is 10.0 Å². The molecule has 1 amide bonds. The summed E-state index contributed by atoms with van der Waals surface area (Å²) in [6.45, 7) is 6.44. The fourth-order valence-corrected chi connectivity index (χ4v) is 7.01. The molecule has 2 heterocycles. The van der Waals surface area contributed by atoms with Gasteiger partial charge in [-0.3, -0.25) is 14.5 Å². The maximum Gasteiger partial charge on any atom is 0.301 e. The Hall–Kier alpha value is -3.57. The number of amides is 1. The van der Waals surface area contributed by atoms with Crippen LogP contribution in [0.1, 0.15) is 42.1 Å². The monoisotopic (exact) mass is 655 g/mol. The number of aromatic nitrogens is 2. The molecule has 1 unspecified atom stereocenters. The Morgan fingerprint density at radius 1 is 0.977 bits per heavy atom. The summed E-state index contributed by atoms with van der Waals surface area (Å²) in [7, 11) is 0. The lowest BCUT2D eigenvalue weighted by Crippen LogP contribution is -2.29. The number of ketones is 1. The molecule has 0 bridgehead atoms. The lowest BCUT2D eigenvalue weighted by molar-refractivity contribution is -0.132. The first kappa shape index (κ1) is 30.9. The van der Waals surface area contributed by atoms with Crippen molar-refractivity contribution in [3.63, 3.8) is 0 Å². The molecular weight excluding hydrogens is 629 g/mol. The minimum atomic E-state index is -0.993. The van der Waals surface area contributed by atoms with Crippen LogP contribution >= 0.6 is 46.3 Å². The van der Waals surface area contributed by atoms with Gasteiger partial charge >= 0.3 is 5.91 Å². The van der Waals surface area contributed by atoms with Gasteiger partial charge in [-0.1, -0.05) is 88.3 Å². The third kappa shape index (κ3) is 6.52. The number of hydrogen-bond acceptors (Lipinski definition) is 9. The molecule has 3 aromatic carbocycles. The summed E-state index contributed by atoms with van der Waals surface area (Å²) in [5, 5.41) is 21.3. The quantitative estimate of drug-likeness (QED) is 0.0605. The largest absolute Gasteiger partial charge is 0.507 e. The molecule has 222 valence electrons. The van der Waals surface area contributed by atoms with Crippen molar-refractivity contribution in [1.82, 2.24) is 10.2 Å². The van der Waals surface area contributed by atoms with E-state index in [1.54, 1.807) is 42.5 Å². The van der Waals surface area contributed by atoms with Crippen LogP contribution in [-0.4, -0.2) is 40.2 Å². The number of anilines is 1. The van der Waals surface area contributed by atoms with Crippen LogP contribution in [0.15, 0.2) is 70.6 Å². The van der Waals surface area contributed by atoms with Crippen LogP contribution in [0.5, 0.6) is 11.5 Å². The van der Waals surface area contributed by atoms with Gasteiger partial charge in [0.25, 0.3) is 5.78 Å². The van der Waals surface area contributed by atoms with Crippen LogP contribution in [0, 0.1) is 6.92 Å². The molecule has 1 aliphatic rings. The topological polar surface area (TPSA) is 102 Å². The van der Waals surface area contributed by atoms with E-state index in [0.29, 0.717) is 56.0 Å². The van der Waals surface area contributed by atoms with Gasteiger partial charge in [0, 0.05) is 21.4 Å². The molecule has 1 fully saturated rings. The second kappa shape index (κ2) is 13.4. The predicted octanol–water partition coefficient (Wildman–Crippen LogP) is 7.87. The average Bonchev–Trinajstić information content (AvgIpc) is 3.55. The van der Waals surface area contributed by atoms with E-state index in [-0.39, 0.29) is 16.5 Å². The van der Waals surface area contributed by atoms with Crippen LogP contribution < -0.4 is 14.4 Å². The number of halogens is 2. The highest BCUT2D eigenvalue weighted by atomic mass is 35.5. The summed E-state index contributed by atoms with van der Waals surface area (Å²) in [4.78, 5) is 28.5. The smallest absolute Gasteiger partial charge is 0.301 e. The number of carbonyl (C=O) groups excluding carboxylic acids is 2. The Morgan fingerprint density at radius 3 is 2.40 bits per heavy atom. The molecule has 12 heteroatoms. The van der Waals surface area contributed by atoms with E-state index < -0.39 is 17.7 Å². The Labute approximate surface area is 267 Å². The molecule has 0 spiro atoms. The van der Waals surface area contributed by atoms with Crippen molar-refractivity contribution in [2.45, 2.75) is 36.9 Å². The SMILES string of the molecule is CCOc1ccc(C2/C(=C(\O)c3ccc(C)cc3)C(=O)C(=O)N2c2nnc(SCc3ccc(Cl)cc3Cl)s2)cc1OCC. The van der Waals surface area contributed by atoms with Gasteiger partial charge in [-0.05, 0) is 56.2 Å². The van der Waals surface area contributed by atoms with Crippen molar-refractivity contribution < 1.29 is 24.2 Å². The standard InChI is InChI=1S/C31H27Cl2N3O5S2/c1-4-40-23-13-11-19(14-24(23)41-5-2)26-25(27(37)18-8-6-17(3)7-9-18)28(38)29(39)36(26)30-34-35-31(43-30)42-16-20-10-12-21(32)15-22(20)33/h6-15,26,37H,4-5,16H2,1-3H3/b27-25+. The second-order valence-electron chi connectivity index (χ2n) is 9.48. The third-order valence-corrected chi connectivity index (χ3v) is 9.31. The van der Waals surface area contributed by atoms with Crippen molar-refractivity contribution in [2.24, 2.45) is 0 Å². The van der Waals surface area contributed by atoms with Gasteiger partial charge in [0.1, 0.15) is 5.76 Å². The molecule has 1 aliphatic heterocycles. The van der Waals surface area contributed by atoms with Crippen molar-refractivity contribution in [3.05, 3.63) is 98.5 Å². The number of benzene rings is 3. The number of rotatable bonds is 10.